The molecule has 0 spiro atoms. The Kier molecular flexibility index (Phi) is 4.99. The van der Waals surface area contributed by atoms with Crippen molar-refractivity contribution in [3.63, 3.8) is 0 Å². The van der Waals surface area contributed by atoms with Crippen LogP contribution in [0.2, 0.25) is 0 Å². The molecule has 1 aromatic heterocycles. The van der Waals surface area contributed by atoms with Gasteiger partial charge in [0.05, 0.1) is 11.5 Å². The van der Waals surface area contributed by atoms with Crippen LogP contribution < -0.4 is 10.5 Å². The number of hydrogen-bond donors (Lipinski definition) is 2. The van der Waals surface area contributed by atoms with Gasteiger partial charge in [-0.05, 0) is 13.3 Å². The Labute approximate surface area is 110 Å². The third kappa shape index (κ3) is 3.98. The fraction of sp³-hybridized carbons (Fsp3) is 0.556. The number of hydrogen-bond acceptors (Lipinski definition) is 5. The predicted molar refractivity (Wildman–Crippen MR) is 73.5 cm³/mol. The zero-order chi connectivity index (χ0) is 13.1. The molecule has 1 unspecified atom stereocenters. The van der Waals surface area contributed by atoms with Crippen LogP contribution in [0.5, 0.6) is 0 Å². The summed E-state index contributed by atoms with van der Waals surface area (Å²) in [6.07, 6.45) is 2.65. The molecule has 0 aliphatic rings. The topological polar surface area (TPSA) is 85.1 Å². The molecule has 5 nitrogen and oxygen atoms in total. The summed E-state index contributed by atoms with van der Waals surface area (Å²) in [4.78, 5) is 5.21. The molecular formula is C9H15N3O2S3. The molecule has 1 atom stereocenters. The van der Waals surface area contributed by atoms with Gasteiger partial charge in [-0.3, -0.25) is 0 Å². The van der Waals surface area contributed by atoms with E-state index in [1.54, 1.807) is 6.20 Å². The summed E-state index contributed by atoms with van der Waals surface area (Å²) in [5.74, 6) is 0. The van der Waals surface area contributed by atoms with Gasteiger partial charge in [0.1, 0.15) is 10.3 Å². The second-order valence-corrected chi connectivity index (χ2v) is 7.24. The Morgan fingerprint density at radius 3 is 2.82 bits per heavy atom. The Bertz CT molecular complexity index is 495. The first kappa shape index (κ1) is 14.5. The molecule has 3 N–H and O–H groups in total. The number of thiazole rings is 1. The van der Waals surface area contributed by atoms with Gasteiger partial charge in [-0.15, -0.1) is 11.3 Å². The van der Waals surface area contributed by atoms with Gasteiger partial charge in [0.2, 0.25) is 10.0 Å². The molecule has 0 aliphatic heterocycles. The van der Waals surface area contributed by atoms with E-state index in [0.717, 1.165) is 16.3 Å². The molecule has 0 bridgehead atoms. The molecule has 0 saturated carbocycles. The van der Waals surface area contributed by atoms with Crippen molar-refractivity contribution in [2.45, 2.75) is 32.1 Å². The number of aryl methyl sites for hydroxylation is 1. The molecule has 0 fully saturated rings. The zero-order valence-corrected chi connectivity index (χ0v) is 12.1. The summed E-state index contributed by atoms with van der Waals surface area (Å²) in [7, 11) is -3.50. The van der Waals surface area contributed by atoms with Crippen LogP contribution in [0.15, 0.2) is 6.20 Å². The fourth-order valence-electron chi connectivity index (χ4n) is 1.03. The highest BCUT2D eigenvalue weighted by Gasteiger charge is 2.22. The highest BCUT2D eigenvalue weighted by atomic mass is 32.2. The van der Waals surface area contributed by atoms with Crippen molar-refractivity contribution < 1.29 is 8.42 Å². The van der Waals surface area contributed by atoms with Gasteiger partial charge in [0.25, 0.3) is 0 Å². The van der Waals surface area contributed by atoms with Crippen molar-refractivity contribution >= 4 is 38.6 Å². The molecule has 1 rings (SSSR count). The van der Waals surface area contributed by atoms with Crippen LogP contribution in [0.3, 0.4) is 0 Å². The second-order valence-electron chi connectivity index (χ2n) is 3.48. The van der Waals surface area contributed by atoms with Crippen molar-refractivity contribution in [3.8, 4) is 0 Å². The highest BCUT2D eigenvalue weighted by molar-refractivity contribution is 7.93. The largest absolute Gasteiger partial charge is 0.392 e. The van der Waals surface area contributed by atoms with Gasteiger partial charge in [0.15, 0.2) is 0 Å². The first-order valence-corrected chi connectivity index (χ1v) is 7.85. The van der Waals surface area contributed by atoms with E-state index in [1.807, 2.05) is 6.92 Å². The lowest BCUT2D eigenvalue weighted by Gasteiger charge is -2.11. The summed E-state index contributed by atoms with van der Waals surface area (Å²) in [6, 6.07) is 0. The summed E-state index contributed by atoms with van der Waals surface area (Å²) < 4.78 is 25.9. The maximum atomic E-state index is 11.7. The van der Waals surface area contributed by atoms with Crippen molar-refractivity contribution in [2.75, 3.05) is 0 Å². The minimum Gasteiger partial charge on any atom is -0.392 e. The molecule has 96 valence electrons. The van der Waals surface area contributed by atoms with Gasteiger partial charge in [-0.1, -0.05) is 19.1 Å². The normalized spacial score (nSPS) is 13.5. The predicted octanol–water partition coefficient (Wildman–Crippen LogP) is 0.800. The van der Waals surface area contributed by atoms with Crippen LogP contribution in [0.1, 0.15) is 23.7 Å². The van der Waals surface area contributed by atoms with Gasteiger partial charge in [-0.2, -0.15) is 0 Å². The summed E-state index contributed by atoms with van der Waals surface area (Å²) >= 11 is 6.16. The summed E-state index contributed by atoms with van der Waals surface area (Å²) in [5.41, 5.74) is 5.32. The van der Waals surface area contributed by atoms with Crippen LogP contribution in [-0.2, 0) is 23.0 Å². The van der Waals surface area contributed by atoms with Crippen LogP contribution in [0.25, 0.3) is 0 Å². The maximum absolute atomic E-state index is 11.7. The van der Waals surface area contributed by atoms with E-state index in [2.05, 4.69) is 21.9 Å². The number of nitrogens with zero attached hydrogens (tertiary/aromatic N) is 1. The van der Waals surface area contributed by atoms with E-state index in [1.165, 1.54) is 18.3 Å². The molecule has 1 heterocycles. The SMILES string of the molecule is CCc1cnc(CNS(=O)(=O)C(C)C(N)=S)s1. The van der Waals surface area contributed by atoms with E-state index in [4.69, 9.17) is 5.73 Å². The minimum atomic E-state index is -3.50. The summed E-state index contributed by atoms with van der Waals surface area (Å²) in [5, 5.41) is -0.135. The minimum absolute atomic E-state index is 0.0362. The smallest absolute Gasteiger partial charge is 0.221 e. The number of thiocarbonyl (C=S) groups is 1. The van der Waals surface area contributed by atoms with Crippen molar-refractivity contribution in [1.29, 1.82) is 0 Å². The van der Waals surface area contributed by atoms with Gasteiger partial charge in [0, 0.05) is 11.1 Å². The zero-order valence-electron chi connectivity index (χ0n) is 9.63. The van der Waals surface area contributed by atoms with Crippen LogP contribution in [0.4, 0.5) is 0 Å². The van der Waals surface area contributed by atoms with Crippen molar-refractivity contribution in [2.24, 2.45) is 5.73 Å². The van der Waals surface area contributed by atoms with E-state index in [-0.39, 0.29) is 11.5 Å². The van der Waals surface area contributed by atoms with Gasteiger partial charge in [-0.25, -0.2) is 18.1 Å². The van der Waals surface area contributed by atoms with Crippen LogP contribution in [-0.4, -0.2) is 23.6 Å². The fourth-order valence-corrected chi connectivity index (χ4v) is 3.20. The molecule has 0 saturated heterocycles. The number of nitrogens with one attached hydrogen (secondary N) is 1. The first-order valence-electron chi connectivity index (χ1n) is 5.08. The molecule has 0 amide bonds. The van der Waals surface area contributed by atoms with Gasteiger partial charge < -0.3 is 5.73 Å². The van der Waals surface area contributed by atoms with Crippen LogP contribution >= 0.6 is 23.6 Å². The average molecular weight is 293 g/mol. The molecule has 8 heteroatoms. The second kappa shape index (κ2) is 5.85. The monoisotopic (exact) mass is 293 g/mol. The number of aromatic nitrogens is 1. The van der Waals surface area contributed by atoms with Crippen LogP contribution in [0, 0.1) is 0 Å². The lowest BCUT2D eigenvalue weighted by atomic mass is 10.4. The Morgan fingerprint density at radius 2 is 2.35 bits per heavy atom. The molecule has 0 aromatic carbocycles. The van der Waals surface area contributed by atoms with E-state index < -0.39 is 15.3 Å². The third-order valence-corrected chi connectivity index (χ3v) is 5.62. The number of rotatable bonds is 6. The summed E-state index contributed by atoms with van der Waals surface area (Å²) in [6.45, 7) is 3.67. The van der Waals surface area contributed by atoms with Gasteiger partial charge >= 0.3 is 0 Å². The number of sulfonamides is 1. The quantitative estimate of drug-likeness (QED) is 0.758. The third-order valence-electron chi connectivity index (χ3n) is 2.24. The molecule has 1 aromatic rings. The van der Waals surface area contributed by atoms with Crippen molar-refractivity contribution in [3.05, 3.63) is 16.1 Å². The average Bonchev–Trinajstić information content (AvgIpc) is 2.73. The first-order chi connectivity index (χ1) is 7.86. The standard InChI is InChI=1S/C9H15N3O2S3/c1-3-7-4-11-8(16-7)5-12-17(13,14)6(2)9(10)15/h4,6,12H,3,5H2,1-2H3,(H2,10,15). The van der Waals surface area contributed by atoms with Crippen molar-refractivity contribution in [1.82, 2.24) is 9.71 Å². The molecule has 17 heavy (non-hydrogen) atoms. The Balaban J connectivity index is 2.64. The maximum Gasteiger partial charge on any atom is 0.221 e. The number of nitrogens with two attached hydrogens (primary N) is 1. The lowest BCUT2D eigenvalue weighted by Crippen LogP contribution is -2.39. The molecule has 0 radical (unpaired) electrons. The lowest BCUT2D eigenvalue weighted by molar-refractivity contribution is 0.578. The van der Waals surface area contributed by atoms with E-state index in [0.29, 0.717) is 0 Å². The highest BCUT2D eigenvalue weighted by Crippen LogP contribution is 2.13. The van der Waals surface area contributed by atoms with E-state index in [9.17, 15) is 8.42 Å². The Morgan fingerprint density at radius 1 is 1.71 bits per heavy atom. The molecule has 0 aliphatic carbocycles. The van der Waals surface area contributed by atoms with E-state index >= 15 is 0 Å². The Hall–Kier alpha value is -0.570. The molecular weight excluding hydrogens is 278 g/mol.